The normalized spacial score (nSPS) is 11.6. The Bertz CT molecular complexity index is 542. The first kappa shape index (κ1) is 14.0. The summed E-state index contributed by atoms with van der Waals surface area (Å²) in [6, 6.07) is 6.50. The fraction of sp³-hybridized carbons (Fsp3) is 0.533. The summed E-state index contributed by atoms with van der Waals surface area (Å²) in [7, 11) is 4.20. The van der Waals surface area contributed by atoms with Crippen LogP contribution >= 0.6 is 0 Å². The van der Waals surface area contributed by atoms with Gasteiger partial charge in [-0.2, -0.15) is 0 Å². The molecule has 1 aromatic heterocycles. The number of aromatic nitrogens is 2. The Morgan fingerprint density at radius 1 is 1.32 bits per heavy atom. The van der Waals surface area contributed by atoms with Crippen LogP contribution in [0.3, 0.4) is 0 Å². The zero-order valence-electron chi connectivity index (χ0n) is 12.2. The molecule has 2 aromatic rings. The van der Waals surface area contributed by atoms with Crippen molar-refractivity contribution in [2.75, 3.05) is 27.2 Å². The average molecular weight is 260 g/mol. The van der Waals surface area contributed by atoms with E-state index in [0.717, 1.165) is 43.8 Å². The summed E-state index contributed by atoms with van der Waals surface area (Å²) in [5, 5.41) is 0. The highest BCUT2D eigenvalue weighted by Gasteiger charge is 2.10. The molecule has 0 spiro atoms. The van der Waals surface area contributed by atoms with Crippen molar-refractivity contribution in [3.05, 3.63) is 29.6 Å². The number of fused-ring (bicyclic) bond motifs is 1. The lowest BCUT2D eigenvalue weighted by Gasteiger charge is -2.13. The van der Waals surface area contributed by atoms with E-state index < -0.39 is 0 Å². The molecule has 0 unspecified atom stereocenters. The number of hydrogen-bond acceptors (Lipinski definition) is 3. The van der Waals surface area contributed by atoms with E-state index in [1.54, 1.807) is 0 Å². The summed E-state index contributed by atoms with van der Waals surface area (Å²) in [5.74, 6) is 1.16. The van der Waals surface area contributed by atoms with Crippen molar-refractivity contribution < 1.29 is 0 Å². The molecule has 0 aliphatic heterocycles. The molecule has 4 nitrogen and oxygen atoms in total. The maximum atomic E-state index is 5.62. The first-order valence-electron chi connectivity index (χ1n) is 6.92. The molecular formula is C15H24N4. The Morgan fingerprint density at radius 3 is 2.79 bits per heavy atom. The molecule has 2 N–H and O–H groups in total. The molecule has 0 bridgehead atoms. The van der Waals surface area contributed by atoms with E-state index in [1.807, 2.05) is 0 Å². The molecule has 0 fully saturated rings. The summed E-state index contributed by atoms with van der Waals surface area (Å²) >= 11 is 0. The maximum absolute atomic E-state index is 5.62. The Kier molecular flexibility index (Phi) is 4.56. The summed E-state index contributed by atoms with van der Waals surface area (Å²) in [6.07, 6.45) is 1.95. The minimum absolute atomic E-state index is 0.718. The van der Waals surface area contributed by atoms with Gasteiger partial charge in [0, 0.05) is 19.5 Å². The number of rotatable bonds is 6. The molecule has 0 saturated carbocycles. The Morgan fingerprint density at radius 2 is 2.11 bits per heavy atom. The molecule has 1 aromatic carbocycles. The van der Waals surface area contributed by atoms with Gasteiger partial charge in [0.2, 0.25) is 0 Å². The van der Waals surface area contributed by atoms with Gasteiger partial charge in [0.05, 0.1) is 11.0 Å². The first-order chi connectivity index (χ1) is 9.11. The van der Waals surface area contributed by atoms with E-state index >= 15 is 0 Å². The van der Waals surface area contributed by atoms with E-state index in [2.05, 4.69) is 48.7 Å². The van der Waals surface area contributed by atoms with Crippen LogP contribution in [0.5, 0.6) is 0 Å². The lowest BCUT2D eigenvalue weighted by molar-refractivity contribution is 0.383. The molecule has 2 rings (SSSR count). The average Bonchev–Trinajstić information content (AvgIpc) is 2.70. The topological polar surface area (TPSA) is 47.1 Å². The van der Waals surface area contributed by atoms with Gasteiger partial charge >= 0.3 is 0 Å². The standard InChI is InChI=1S/C15H24N4/c1-12-6-7-14-13(11-12)17-15(5-4-8-16)19(14)10-9-18(2)3/h6-7,11H,4-5,8-10,16H2,1-3H3. The molecule has 4 heteroatoms. The van der Waals surface area contributed by atoms with E-state index in [4.69, 9.17) is 10.7 Å². The van der Waals surface area contributed by atoms with Gasteiger partial charge in [-0.25, -0.2) is 4.98 Å². The molecule has 0 atom stereocenters. The van der Waals surface area contributed by atoms with Crippen molar-refractivity contribution in [3.63, 3.8) is 0 Å². The molecular weight excluding hydrogens is 236 g/mol. The van der Waals surface area contributed by atoms with Gasteiger partial charge in [0.15, 0.2) is 0 Å². The third kappa shape index (κ3) is 3.33. The lowest BCUT2D eigenvalue weighted by Crippen LogP contribution is -2.19. The Hall–Kier alpha value is -1.39. The summed E-state index contributed by atoms with van der Waals surface area (Å²) in [6.45, 7) is 4.83. The zero-order valence-corrected chi connectivity index (χ0v) is 12.2. The van der Waals surface area contributed by atoms with E-state index in [-0.39, 0.29) is 0 Å². The van der Waals surface area contributed by atoms with Crippen LogP contribution in [0.25, 0.3) is 11.0 Å². The predicted octanol–water partition coefficient (Wildman–Crippen LogP) is 1.80. The highest BCUT2D eigenvalue weighted by atomic mass is 15.1. The highest BCUT2D eigenvalue weighted by Crippen LogP contribution is 2.18. The van der Waals surface area contributed by atoms with Crippen molar-refractivity contribution in [2.45, 2.75) is 26.3 Å². The Balaban J connectivity index is 2.36. The second-order valence-corrected chi connectivity index (χ2v) is 5.37. The van der Waals surface area contributed by atoms with Crippen LogP contribution in [0, 0.1) is 6.92 Å². The minimum atomic E-state index is 0.718. The van der Waals surface area contributed by atoms with Gasteiger partial charge in [0.1, 0.15) is 5.82 Å². The number of hydrogen-bond donors (Lipinski definition) is 1. The molecule has 19 heavy (non-hydrogen) atoms. The molecule has 104 valence electrons. The Labute approximate surface area is 115 Å². The molecule has 0 aliphatic carbocycles. The smallest absolute Gasteiger partial charge is 0.109 e. The van der Waals surface area contributed by atoms with Crippen LogP contribution in [-0.2, 0) is 13.0 Å². The number of aryl methyl sites for hydroxylation is 2. The summed E-state index contributed by atoms with van der Waals surface area (Å²) in [4.78, 5) is 6.98. The van der Waals surface area contributed by atoms with Crippen molar-refractivity contribution in [1.82, 2.24) is 14.5 Å². The first-order valence-corrected chi connectivity index (χ1v) is 6.92. The molecule has 0 amide bonds. The fourth-order valence-corrected chi connectivity index (χ4v) is 2.29. The van der Waals surface area contributed by atoms with Crippen LogP contribution in [0.15, 0.2) is 18.2 Å². The number of nitrogens with zero attached hydrogens (tertiary/aromatic N) is 3. The van der Waals surface area contributed by atoms with Gasteiger partial charge in [-0.3, -0.25) is 0 Å². The SMILES string of the molecule is Cc1ccc2c(c1)nc(CCCN)n2CCN(C)C. The van der Waals surface area contributed by atoms with Gasteiger partial charge < -0.3 is 15.2 Å². The molecule has 1 heterocycles. The minimum Gasteiger partial charge on any atom is -0.330 e. The number of imidazole rings is 1. The van der Waals surface area contributed by atoms with Crippen LogP contribution in [-0.4, -0.2) is 41.6 Å². The number of nitrogens with two attached hydrogens (primary N) is 1. The highest BCUT2D eigenvalue weighted by molar-refractivity contribution is 5.76. The second kappa shape index (κ2) is 6.17. The maximum Gasteiger partial charge on any atom is 0.109 e. The summed E-state index contributed by atoms with van der Waals surface area (Å²) < 4.78 is 2.34. The monoisotopic (exact) mass is 260 g/mol. The van der Waals surface area contributed by atoms with Gasteiger partial charge in [-0.15, -0.1) is 0 Å². The third-order valence-electron chi connectivity index (χ3n) is 3.36. The zero-order chi connectivity index (χ0) is 13.8. The van der Waals surface area contributed by atoms with Crippen molar-refractivity contribution >= 4 is 11.0 Å². The summed E-state index contributed by atoms with van der Waals surface area (Å²) in [5.41, 5.74) is 9.22. The van der Waals surface area contributed by atoms with Crippen LogP contribution < -0.4 is 5.73 Å². The number of benzene rings is 1. The predicted molar refractivity (Wildman–Crippen MR) is 80.4 cm³/mol. The van der Waals surface area contributed by atoms with Crippen molar-refractivity contribution in [2.24, 2.45) is 5.73 Å². The van der Waals surface area contributed by atoms with Crippen molar-refractivity contribution in [3.8, 4) is 0 Å². The van der Waals surface area contributed by atoms with Gasteiger partial charge in [-0.1, -0.05) is 6.07 Å². The fourth-order valence-electron chi connectivity index (χ4n) is 2.29. The quantitative estimate of drug-likeness (QED) is 0.861. The second-order valence-electron chi connectivity index (χ2n) is 5.37. The van der Waals surface area contributed by atoms with Gasteiger partial charge in [0.25, 0.3) is 0 Å². The molecule has 0 radical (unpaired) electrons. The number of likely N-dealkylation sites (N-methyl/N-ethyl adjacent to an activating group) is 1. The van der Waals surface area contributed by atoms with E-state index in [9.17, 15) is 0 Å². The van der Waals surface area contributed by atoms with Crippen LogP contribution in [0.1, 0.15) is 17.8 Å². The third-order valence-corrected chi connectivity index (χ3v) is 3.36. The largest absolute Gasteiger partial charge is 0.330 e. The molecule has 0 saturated heterocycles. The van der Waals surface area contributed by atoms with Gasteiger partial charge in [-0.05, 0) is 51.7 Å². The lowest BCUT2D eigenvalue weighted by atomic mass is 10.2. The molecule has 0 aliphatic rings. The van der Waals surface area contributed by atoms with Crippen molar-refractivity contribution in [1.29, 1.82) is 0 Å². The van der Waals surface area contributed by atoms with Crippen LogP contribution in [0.4, 0.5) is 0 Å². The van der Waals surface area contributed by atoms with Crippen LogP contribution in [0.2, 0.25) is 0 Å². The van der Waals surface area contributed by atoms with E-state index in [1.165, 1.54) is 11.1 Å². The van der Waals surface area contributed by atoms with E-state index in [0.29, 0.717) is 0 Å².